The quantitative estimate of drug-likeness (QED) is 0.635. The highest BCUT2D eigenvalue weighted by Crippen LogP contribution is 2.09. The Morgan fingerprint density at radius 3 is 2.58 bits per heavy atom. The second-order valence-electron chi connectivity index (χ2n) is 4.97. The zero-order valence-corrected chi connectivity index (χ0v) is 12.6. The number of piperazine rings is 1. The first kappa shape index (κ1) is 16.4. The van der Waals surface area contributed by atoms with E-state index in [2.05, 4.69) is 10.6 Å². The molecular weight excluding hydrogens is 266 g/mol. The summed E-state index contributed by atoms with van der Waals surface area (Å²) in [6, 6.07) is 0. The molecule has 1 atom stereocenters. The molecule has 1 fully saturated rings. The maximum absolute atomic E-state index is 12.1. The summed E-state index contributed by atoms with van der Waals surface area (Å²) in [6.07, 6.45) is 1.93. The predicted octanol–water partition coefficient (Wildman–Crippen LogP) is -0.226. The van der Waals surface area contributed by atoms with E-state index in [1.807, 2.05) is 6.92 Å². The average Bonchev–Trinajstić information content (AvgIpc) is 2.39. The minimum absolute atomic E-state index is 0.106. The van der Waals surface area contributed by atoms with Crippen LogP contribution in [-0.4, -0.2) is 57.1 Å². The Bertz CT molecular complexity index is 378. The maximum Gasteiger partial charge on any atom is 0.223 e. The van der Waals surface area contributed by atoms with Crippen LogP contribution in [-0.2, 0) is 14.8 Å². The van der Waals surface area contributed by atoms with Crippen LogP contribution in [0.15, 0.2) is 0 Å². The van der Waals surface area contributed by atoms with Gasteiger partial charge in [-0.15, -0.1) is 0 Å². The molecule has 0 aliphatic carbocycles. The van der Waals surface area contributed by atoms with Gasteiger partial charge in [-0.05, 0) is 6.42 Å². The smallest absolute Gasteiger partial charge is 0.223 e. The molecule has 1 aliphatic rings. The first-order valence-corrected chi connectivity index (χ1v) is 8.54. The monoisotopic (exact) mass is 291 g/mol. The van der Waals surface area contributed by atoms with Crippen molar-refractivity contribution in [2.24, 2.45) is 5.92 Å². The minimum Gasteiger partial charge on any atom is -0.356 e. The lowest BCUT2D eigenvalue weighted by Gasteiger charge is -2.27. The third-order valence-electron chi connectivity index (χ3n) is 3.21. The molecule has 19 heavy (non-hydrogen) atoms. The first-order chi connectivity index (χ1) is 8.97. The number of nitrogens with one attached hydrogen (secondary N) is 2. The number of hydrogen-bond donors (Lipinski definition) is 2. The number of amides is 1. The third kappa shape index (κ3) is 5.46. The summed E-state index contributed by atoms with van der Waals surface area (Å²) in [6.45, 7) is 6.67. The number of nitrogens with zero attached hydrogens (tertiary/aromatic N) is 1. The lowest BCUT2D eigenvalue weighted by molar-refractivity contribution is -0.123. The van der Waals surface area contributed by atoms with Gasteiger partial charge in [-0.1, -0.05) is 20.3 Å². The molecule has 0 saturated carbocycles. The standard InChI is InChI=1S/C12H25N3O3S/c1-3-4-5-14-12(16)11(2)10-19(17,18)15-8-6-13-7-9-15/h11,13H,3-10H2,1-2H3,(H,14,16). The van der Waals surface area contributed by atoms with Gasteiger partial charge in [-0.2, -0.15) is 4.31 Å². The van der Waals surface area contributed by atoms with Gasteiger partial charge >= 0.3 is 0 Å². The van der Waals surface area contributed by atoms with E-state index in [0.29, 0.717) is 32.7 Å². The molecule has 0 spiro atoms. The Morgan fingerprint density at radius 1 is 1.37 bits per heavy atom. The fraction of sp³-hybridized carbons (Fsp3) is 0.917. The van der Waals surface area contributed by atoms with Crippen molar-refractivity contribution in [2.75, 3.05) is 38.5 Å². The van der Waals surface area contributed by atoms with Gasteiger partial charge in [-0.3, -0.25) is 4.79 Å². The molecule has 7 heteroatoms. The molecule has 1 unspecified atom stereocenters. The van der Waals surface area contributed by atoms with Crippen LogP contribution in [0.4, 0.5) is 0 Å². The molecule has 0 aromatic rings. The van der Waals surface area contributed by atoms with Crippen molar-refractivity contribution < 1.29 is 13.2 Å². The molecule has 1 rings (SSSR count). The zero-order valence-electron chi connectivity index (χ0n) is 11.8. The SMILES string of the molecule is CCCCNC(=O)C(C)CS(=O)(=O)N1CCNCC1. The van der Waals surface area contributed by atoms with Crippen LogP contribution in [0.2, 0.25) is 0 Å². The number of hydrogen-bond acceptors (Lipinski definition) is 4. The second-order valence-corrected chi connectivity index (χ2v) is 6.99. The summed E-state index contributed by atoms with van der Waals surface area (Å²) in [5.41, 5.74) is 0. The van der Waals surface area contributed by atoms with Crippen molar-refractivity contribution in [3.05, 3.63) is 0 Å². The summed E-state index contributed by atoms with van der Waals surface area (Å²) >= 11 is 0. The fourth-order valence-corrected chi connectivity index (χ4v) is 3.72. The van der Waals surface area contributed by atoms with Gasteiger partial charge in [0.2, 0.25) is 15.9 Å². The molecule has 2 N–H and O–H groups in total. The molecule has 1 amide bonds. The van der Waals surface area contributed by atoms with Gasteiger partial charge in [0.15, 0.2) is 0 Å². The Morgan fingerprint density at radius 2 is 2.00 bits per heavy atom. The predicted molar refractivity (Wildman–Crippen MR) is 75.3 cm³/mol. The van der Waals surface area contributed by atoms with Crippen molar-refractivity contribution in [3.8, 4) is 0 Å². The molecular formula is C12H25N3O3S. The summed E-state index contributed by atoms with van der Waals surface area (Å²) in [4.78, 5) is 11.8. The van der Waals surface area contributed by atoms with Crippen LogP contribution in [0.5, 0.6) is 0 Å². The van der Waals surface area contributed by atoms with E-state index in [1.54, 1.807) is 6.92 Å². The molecule has 6 nitrogen and oxygen atoms in total. The van der Waals surface area contributed by atoms with Gasteiger partial charge in [0, 0.05) is 32.7 Å². The van der Waals surface area contributed by atoms with Crippen molar-refractivity contribution >= 4 is 15.9 Å². The molecule has 1 heterocycles. The fourth-order valence-electron chi connectivity index (χ4n) is 1.98. The normalized spacial score (nSPS) is 19.1. The van der Waals surface area contributed by atoms with Crippen LogP contribution in [0, 0.1) is 5.92 Å². The molecule has 0 aromatic heterocycles. The summed E-state index contributed by atoms with van der Waals surface area (Å²) in [5.74, 6) is -0.783. The topological polar surface area (TPSA) is 78.5 Å². The summed E-state index contributed by atoms with van der Waals surface area (Å²) < 4.78 is 25.8. The second kappa shape index (κ2) is 7.81. The number of carbonyl (C=O) groups is 1. The van der Waals surface area contributed by atoms with E-state index in [-0.39, 0.29) is 11.7 Å². The highest BCUT2D eigenvalue weighted by molar-refractivity contribution is 7.89. The van der Waals surface area contributed by atoms with Crippen molar-refractivity contribution in [1.29, 1.82) is 0 Å². The van der Waals surface area contributed by atoms with Crippen molar-refractivity contribution in [1.82, 2.24) is 14.9 Å². The van der Waals surface area contributed by atoms with Crippen molar-refractivity contribution in [3.63, 3.8) is 0 Å². The van der Waals surface area contributed by atoms with E-state index in [0.717, 1.165) is 12.8 Å². The largest absolute Gasteiger partial charge is 0.356 e. The molecule has 1 saturated heterocycles. The molecule has 0 aromatic carbocycles. The van der Waals surface area contributed by atoms with Crippen LogP contribution >= 0.6 is 0 Å². The van der Waals surface area contributed by atoms with Crippen LogP contribution in [0.25, 0.3) is 0 Å². The van der Waals surface area contributed by atoms with Gasteiger partial charge in [0.05, 0.1) is 11.7 Å². The molecule has 1 aliphatic heterocycles. The third-order valence-corrected chi connectivity index (χ3v) is 5.28. The first-order valence-electron chi connectivity index (χ1n) is 6.93. The number of rotatable bonds is 7. The number of unbranched alkanes of at least 4 members (excludes halogenated alkanes) is 1. The van der Waals surface area contributed by atoms with Crippen LogP contribution < -0.4 is 10.6 Å². The van der Waals surface area contributed by atoms with Crippen LogP contribution in [0.3, 0.4) is 0 Å². The van der Waals surface area contributed by atoms with E-state index < -0.39 is 15.9 Å². The number of carbonyl (C=O) groups excluding carboxylic acids is 1. The van der Waals surface area contributed by atoms with Gasteiger partial charge in [0.1, 0.15) is 0 Å². The van der Waals surface area contributed by atoms with Crippen LogP contribution in [0.1, 0.15) is 26.7 Å². The molecule has 0 bridgehead atoms. The highest BCUT2D eigenvalue weighted by atomic mass is 32.2. The van der Waals surface area contributed by atoms with Gasteiger partial charge in [-0.25, -0.2) is 8.42 Å². The lowest BCUT2D eigenvalue weighted by atomic mass is 10.2. The Hall–Kier alpha value is -0.660. The molecule has 112 valence electrons. The molecule has 0 radical (unpaired) electrons. The average molecular weight is 291 g/mol. The minimum atomic E-state index is -3.33. The van der Waals surface area contributed by atoms with E-state index in [1.165, 1.54) is 4.31 Å². The van der Waals surface area contributed by atoms with Gasteiger partial charge in [0.25, 0.3) is 0 Å². The van der Waals surface area contributed by atoms with Gasteiger partial charge < -0.3 is 10.6 Å². The summed E-state index contributed by atoms with van der Waals surface area (Å²) in [5, 5.41) is 5.89. The Labute approximate surface area is 116 Å². The van der Waals surface area contributed by atoms with E-state index in [9.17, 15) is 13.2 Å². The van der Waals surface area contributed by atoms with Crippen molar-refractivity contribution in [2.45, 2.75) is 26.7 Å². The Balaban J connectivity index is 2.45. The maximum atomic E-state index is 12.1. The Kier molecular flexibility index (Phi) is 6.74. The lowest BCUT2D eigenvalue weighted by Crippen LogP contribution is -2.48. The highest BCUT2D eigenvalue weighted by Gasteiger charge is 2.28. The number of sulfonamides is 1. The summed E-state index contributed by atoms with van der Waals surface area (Å²) in [7, 11) is -3.33. The zero-order chi connectivity index (χ0) is 14.3. The van der Waals surface area contributed by atoms with E-state index >= 15 is 0 Å². The van der Waals surface area contributed by atoms with E-state index in [4.69, 9.17) is 0 Å².